The van der Waals surface area contributed by atoms with Gasteiger partial charge in [0.05, 0.1) is 0 Å². The molecule has 0 aromatic heterocycles. The van der Waals surface area contributed by atoms with Gasteiger partial charge in [-0.3, -0.25) is 0 Å². The minimum absolute atomic E-state index is 0. The standard InChI is InChI=1S/2C6H6.C2H6Te.4C2H6.4CH4/c2*1-2-4-6-5-3-1;1-3-2;4*1-2;;;;/h2*1-6H;1-2H3;4*1-2H3;4*1H4. The molecule has 2 aromatic carbocycles. The maximum absolute atomic E-state index is 2.26. The van der Waals surface area contributed by atoms with E-state index in [1.165, 1.54) is 0 Å². The van der Waals surface area contributed by atoms with Gasteiger partial charge in [-0.15, -0.1) is 0 Å². The van der Waals surface area contributed by atoms with Crippen molar-refractivity contribution in [3.8, 4) is 0 Å². The van der Waals surface area contributed by atoms with Crippen molar-refractivity contribution < 1.29 is 0 Å². The predicted molar refractivity (Wildman–Crippen MR) is 143 cm³/mol. The molecule has 0 aliphatic carbocycles. The molecular weight excluding hydrogens is 440 g/mol. The first kappa shape index (κ1) is 56.2. The van der Waals surface area contributed by atoms with Gasteiger partial charge >= 0.3 is 30.9 Å². The molecule has 0 atom stereocenters. The van der Waals surface area contributed by atoms with Crippen molar-refractivity contribution in [2.24, 2.45) is 0 Å². The summed E-state index contributed by atoms with van der Waals surface area (Å²) in [5.41, 5.74) is 0. The van der Waals surface area contributed by atoms with Gasteiger partial charge in [-0.05, 0) is 0 Å². The largest absolute Gasteiger partial charge is 0.0623 e. The molecule has 0 radical (unpaired) electrons. The average Bonchev–Trinajstić information content (AvgIpc) is 2.72. The predicted octanol–water partition coefficient (Wildman–Crippen LogP) is 10.8. The fourth-order valence-corrected chi connectivity index (χ4v) is 0.770. The van der Waals surface area contributed by atoms with Crippen molar-refractivity contribution in [2.75, 3.05) is 0 Å². The van der Waals surface area contributed by atoms with Crippen molar-refractivity contribution in [1.29, 1.82) is 0 Å². The Balaban J connectivity index is -0.0000000210. The van der Waals surface area contributed by atoms with Crippen LogP contribution in [0.2, 0.25) is 9.94 Å². The minimum atomic E-state index is 0. The Morgan fingerprint density at radius 3 is 0.370 bits per heavy atom. The van der Waals surface area contributed by atoms with E-state index in [0.29, 0.717) is 20.9 Å². The zero-order valence-electron chi connectivity index (χ0n) is 17.3. The summed E-state index contributed by atoms with van der Waals surface area (Å²) >= 11 is 0.470. The van der Waals surface area contributed by atoms with Gasteiger partial charge in [0, 0.05) is 0 Å². The van der Waals surface area contributed by atoms with Crippen LogP contribution in [-0.4, -0.2) is 20.9 Å². The van der Waals surface area contributed by atoms with Crippen molar-refractivity contribution in [2.45, 2.75) is 95.0 Å². The fraction of sp³-hybridized carbons (Fsp3) is 0.538. The van der Waals surface area contributed by atoms with Crippen LogP contribution in [0.1, 0.15) is 85.1 Å². The summed E-state index contributed by atoms with van der Waals surface area (Å²) in [5, 5.41) is 0. The van der Waals surface area contributed by atoms with Gasteiger partial charge < -0.3 is 0 Å². The molecule has 0 aliphatic heterocycles. The maximum Gasteiger partial charge on any atom is -0.0623 e. The van der Waals surface area contributed by atoms with Gasteiger partial charge in [-0.1, -0.05) is 158 Å². The second-order valence-electron chi connectivity index (χ2n) is 2.72. The van der Waals surface area contributed by atoms with E-state index < -0.39 is 0 Å². The van der Waals surface area contributed by atoms with E-state index in [2.05, 4.69) is 9.94 Å². The molecule has 0 unspecified atom stereocenters. The Bertz CT molecular complexity index is 194. The first-order valence-corrected chi connectivity index (χ1v) is 13.5. The van der Waals surface area contributed by atoms with Crippen LogP contribution in [0, 0.1) is 0 Å². The zero-order chi connectivity index (χ0) is 19.2. The molecule has 0 heterocycles. The Labute approximate surface area is 188 Å². The summed E-state index contributed by atoms with van der Waals surface area (Å²) in [6.07, 6.45) is 0. The first-order valence-electron chi connectivity index (χ1n) is 8.82. The molecule has 0 nitrogen and oxygen atoms in total. The van der Waals surface area contributed by atoms with E-state index >= 15 is 0 Å². The van der Waals surface area contributed by atoms with Crippen LogP contribution >= 0.6 is 0 Å². The van der Waals surface area contributed by atoms with E-state index in [1.54, 1.807) is 0 Å². The van der Waals surface area contributed by atoms with Crippen LogP contribution < -0.4 is 0 Å². The van der Waals surface area contributed by atoms with Crippen molar-refractivity contribution in [3.63, 3.8) is 0 Å². The molecule has 168 valence electrons. The monoisotopic (exact) mass is 500 g/mol. The number of hydrogen-bond donors (Lipinski definition) is 0. The van der Waals surface area contributed by atoms with Crippen LogP contribution in [0.3, 0.4) is 0 Å². The first-order chi connectivity index (χ1) is 11.4. The number of benzene rings is 2. The Morgan fingerprint density at radius 2 is 0.333 bits per heavy atom. The van der Waals surface area contributed by atoms with Crippen LogP contribution in [0.25, 0.3) is 0 Å². The molecule has 2 aromatic rings. The third-order valence-corrected chi connectivity index (χ3v) is 1.33. The smallest absolute Gasteiger partial charge is 0.0623 e. The second-order valence-corrected chi connectivity index (χ2v) is 5.05. The summed E-state index contributed by atoms with van der Waals surface area (Å²) in [5.74, 6) is 0. The quantitative estimate of drug-likeness (QED) is 0.317. The molecule has 0 fully saturated rings. The molecule has 0 N–H and O–H groups in total. The fourth-order valence-electron chi connectivity index (χ4n) is 0.770. The summed E-state index contributed by atoms with van der Waals surface area (Å²) in [4.78, 5) is 4.51. The van der Waals surface area contributed by atoms with Crippen LogP contribution in [0.5, 0.6) is 0 Å². The number of hydrogen-bond acceptors (Lipinski definition) is 0. The van der Waals surface area contributed by atoms with Crippen molar-refractivity contribution in [3.05, 3.63) is 72.8 Å². The van der Waals surface area contributed by atoms with Gasteiger partial charge in [-0.2, -0.15) is 0 Å². The third kappa shape index (κ3) is 108. The van der Waals surface area contributed by atoms with E-state index in [4.69, 9.17) is 0 Å². The molecule has 27 heavy (non-hydrogen) atoms. The topological polar surface area (TPSA) is 0 Å². The number of rotatable bonds is 0. The Morgan fingerprint density at radius 1 is 0.296 bits per heavy atom. The maximum atomic E-state index is 2.26. The van der Waals surface area contributed by atoms with Gasteiger partial charge in [0.2, 0.25) is 0 Å². The van der Waals surface area contributed by atoms with Crippen molar-refractivity contribution in [1.82, 2.24) is 0 Å². The van der Waals surface area contributed by atoms with Crippen LogP contribution in [0.15, 0.2) is 72.8 Å². The Hall–Kier alpha value is -0.770. The van der Waals surface area contributed by atoms with Gasteiger partial charge in [0.1, 0.15) is 0 Å². The second kappa shape index (κ2) is 99.0. The van der Waals surface area contributed by atoms with Crippen LogP contribution in [0.4, 0.5) is 0 Å². The molecule has 0 bridgehead atoms. The van der Waals surface area contributed by atoms with E-state index in [9.17, 15) is 0 Å². The molecular formula is C26H58Te. The summed E-state index contributed by atoms with van der Waals surface area (Å²) in [6.45, 7) is 16.0. The van der Waals surface area contributed by atoms with E-state index in [1.807, 2.05) is 128 Å². The average molecular weight is 498 g/mol. The third-order valence-electron chi connectivity index (χ3n) is 1.33. The zero-order valence-corrected chi connectivity index (χ0v) is 19.7. The summed E-state index contributed by atoms with van der Waals surface area (Å²) in [7, 11) is 0. The summed E-state index contributed by atoms with van der Waals surface area (Å²) in [6, 6.07) is 24.0. The normalized spacial score (nSPS) is 5.11. The molecule has 0 spiro atoms. The molecule has 0 saturated heterocycles. The minimum Gasteiger partial charge on any atom is -0.0623 e. The molecule has 0 aliphatic rings. The molecule has 0 saturated carbocycles. The Kier molecular flexibility index (Phi) is 206. The van der Waals surface area contributed by atoms with Gasteiger partial charge in [-0.25, -0.2) is 0 Å². The molecule has 1 heteroatoms. The SMILES string of the molecule is C.C.C.C.CC.CC.CC.CC.C[Te]C.c1ccccc1.c1ccccc1. The van der Waals surface area contributed by atoms with Gasteiger partial charge in [0.15, 0.2) is 0 Å². The van der Waals surface area contributed by atoms with Crippen LogP contribution in [-0.2, 0) is 0 Å². The summed E-state index contributed by atoms with van der Waals surface area (Å²) < 4.78 is 0. The molecule has 2 rings (SSSR count). The van der Waals surface area contributed by atoms with E-state index in [0.717, 1.165) is 0 Å². The van der Waals surface area contributed by atoms with Crippen molar-refractivity contribution >= 4 is 20.9 Å². The molecule has 0 amide bonds. The van der Waals surface area contributed by atoms with E-state index in [-0.39, 0.29) is 29.7 Å². The van der Waals surface area contributed by atoms with Gasteiger partial charge in [0.25, 0.3) is 0 Å².